The number of carbonyl (C=O) groups excluding carboxylic acids is 1. The highest BCUT2D eigenvalue weighted by Crippen LogP contribution is 2.42. The minimum atomic E-state index is -1.34. The lowest BCUT2D eigenvalue weighted by Gasteiger charge is -2.41. The molecule has 2 N–H and O–H groups in total. The second-order valence-corrected chi connectivity index (χ2v) is 11.0. The Bertz CT molecular complexity index is 1260. The number of carbonyl (C=O) groups is 1. The van der Waals surface area contributed by atoms with Crippen LogP contribution >= 0.6 is 0 Å². The van der Waals surface area contributed by atoms with E-state index in [1.165, 1.54) is 11.8 Å². The zero-order valence-electron chi connectivity index (χ0n) is 22.0. The summed E-state index contributed by atoms with van der Waals surface area (Å²) in [6.07, 6.45) is -2.21. The minimum absolute atomic E-state index is 0.0428. The number of aromatic nitrogens is 1. The van der Waals surface area contributed by atoms with Gasteiger partial charge in [-0.1, -0.05) is 51.1 Å². The summed E-state index contributed by atoms with van der Waals surface area (Å²) in [6, 6.07) is 11.7. The van der Waals surface area contributed by atoms with Crippen LogP contribution in [0.2, 0.25) is 0 Å². The normalized spacial score (nSPS) is 19.4. The van der Waals surface area contributed by atoms with Gasteiger partial charge in [0, 0.05) is 32.0 Å². The number of hydrogen-bond acceptors (Lipinski definition) is 5. The number of hydrogen-bond donors (Lipinski definition) is 2. The lowest BCUT2D eigenvalue weighted by Crippen LogP contribution is -2.48. The number of aliphatic hydroxyl groups excluding tert-OH is 1. The summed E-state index contributed by atoms with van der Waals surface area (Å²) in [7, 11) is 0. The van der Waals surface area contributed by atoms with Crippen LogP contribution in [-0.2, 0) is 11.2 Å². The van der Waals surface area contributed by atoms with Gasteiger partial charge in [-0.25, -0.2) is 18.2 Å². The van der Waals surface area contributed by atoms with Crippen LogP contribution in [0.5, 0.6) is 0 Å². The zero-order valence-corrected chi connectivity index (χ0v) is 22.0. The molecule has 6 nitrogen and oxygen atoms in total. The number of nitrogens with zero attached hydrogens (tertiary/aromatic N) is 2. The number of rotatable bonds is 8. The van der Waals surface area contributed by atoms with Crippen molar-refractivity contribution in [2.75, 3.05) is 19.6 Å². The van der Waals surface area contributed by atoms with Gasteiger partial charge in [-0.05, 0) is 36.1 Å². The number of amides is 1. The quantitative estimate of drug-likeness (QED) is 0.426. The van der Waals surface area contributed by atoms with E-state index < -0.39 is 47.2 Å². The monoisotopic (exact) mass is 529 g/mol. The molecular formula is C29H34F3N3O3. The molecule has 4 atom stereocenters. The SMILES string of the molecule is C[C@H](O)C(=O)N(CC1CNC[C@@H]1F)[C@H](c1nc(-c2cc(F)ccc2F)oc1Cc1ccccc1)C(C)(C)C. The van der Waals surface area contributed by atoms with Gasteiger partial charge in [0.15, 0.2) is 0 Å². The Morgan fingerprint density at radius 1 is 1.18 bits per heavy atom. The Balaban J connectivity index is 1.88. The van der Waals surface area contributed by atoms with Crippen LogP contribution in [0.25, 0.3) is 11.5 Å². The van der Waals surface area contributed by atoms with Crippen LogP contribution in [0.1, 0.15) is 50.8 Å². The molecule has 0 spiro atoms. The first-order valence-corrected chi connectivity index (χ1v) is 12.8. The molecule has 1 fully saturated rings. The lowest BCUT2D eigenvalue weighted by atomic mass is 9.81. The van der Waals surface area contributed by atoms with Crippen LogP contribution in [0.4, 0.5) is 13.2 Å². The molecule has 0 bridgehead atoms. The molecule has 38 heavy (non-hydrogen) atoms. The van der Waals surface area contributed by atoms with Crippen LogP contribution in [0.15, 0.2) is 52.9 Å². The zero-order chi connectivity index (χ0) is 27.6. The molecule has 0 aliphatic carbocycles. The van der Waals surface area contributed by atoms with Gasteiger partial charge in [0.25, 0.3) is 5.91 Å². The van der Waals surface area contributed by atoms with Crippen molar-refractivity contribution in [1.82, 2.24) is 15.2 Å². The summed E-state index contributed by atoms with van der Waals surface area (Å²) < 4.78 is 49.6. The summed E-state index contributed by atoms with van der Waals surface area (Å²) in [5, 5.41) is 13.3. The van der Waals surface area contributed by atoms with E-state index in [1.807, 2.05) is 51.1 Å². The molecule has 0 saturated carbocycles. The number of oxazole rings is 1. The van der Waals surface area contributed by atoms with Gasteiger partial charge in [-0.15, -0.1) is 0 Å². The molecule has 204 valence electrons. The van der Waals surface area contributed by atoms with Crippen LogP contribution < -0.4 is 5.32 Å². The minimum Gasteiger partial charge on any atom is -0.440 e. The van der Waals surface area contributed by atoms with Crippen LogP contribution in [-0.4, -0.2) is 52.8 Å². The highest BCUT2D eigenvalue weighted by atomic mass is 19.1. The third-order valence-electron chi connectivity index (χ3n) is 6.81. The molecule has 1 aliphatic rings. The second-order valence-electron chi connectivity index (χ2n) is 11.0. The maximum Gasteiger partial charge on any atom is 0.251 e. The molecule has 3 aromatic rings. The molecular weight excluding hydrogens is 495 g/mol. The third-order valence-corrected chi connectivity index (χ3v) is 6.81. The Kier molecular flexibility index (Phi) is 8.28. The van der Waals surface area contributed by atoms with Crippen molar-refractivity contribution in [2.24, 2.45) is 11.3 Å². The molecule has 1 amide bonds. The Labute approximate surface area is 220 Å². The van der Waals surface area contributed by atoms with Gasteiger partial charge < -0.3 is 19.7 Å². The number of alkyl halides is 1. The number of benzene rings is 2. The summed E-state index contributed by atoms with van der Waals surface area (Å²) in [4.78, 5) is 19.5. The number of halogens is 3. The van der Waals surface area contributed by atoms with Crippen molar-refractivity contribution in [2.45, 2.75) is 52.4 Å². The van der Waals surface area contributed by atoms with E-state index in [2.05, 4.69) is 10.3 Å². The summed E-state index contributed by atoms with van der Waals surface area (Å²) >= 11 is 0. The first-order chi connectivity index (χ1) is 18.0. The number of nitrogens with one attached hydrogen (secondary N) is 1. The Morgan fingerprint density at radius 2 is 1.89 bits per heavy atom. The van der Waals surface area contributed by atoms with Gasteiger partial charge >= 0.3 is 0 Å². The maximum atomic E-state index is 14.8. The molecule has 9 heteroatoms. The fourth-order valence-electron chi connectivity index (χ4n) is 4.98. The molecule has 0 radical (unpaired) electrons. The molecule has 1 unspecified atom stereocenters. The van der Waals surface area contributed by atoms with Crippen molar-refractivity contribution < 1.29 is 27.5 Å². The highest BCUT2D eigenvalue weighted by molar-refractivity contribution is 5.81. The summed E-state index contributed by atoms with van der Waals surface area (Å²) in [5.74, 6) is -2.14. The largest absolute Gasteiger partial charge is 0.440 e. The molecule has 2 aromatic carbocycles. The Hall–Kier alpha value is -3.17. The van der Waals surface area contributed by atoms with Gasteiger partial charge in [-0.3, -0.25) is 4.79 Å². The highest BCUT2D eigenvalue weighted by Gasteiger charge is 2.42. The maximum absolute atomic E-state index is 14.8. The fraction of sp³-hybridized carbons (Fsp3) is 0.448. The fourth-order valence-corrected chi connectivity index (χ4v) is 4.98. The Morgan fingerprint density at radius 3 is 2.50 bits per heavy atom. The summed E-state index contributed by atoms with van der Waals surface area (Å²) in [5.41, 5.74) is 0.453. The molecule has 1 aromatic heterocycles. The average Bonchev–Trinajstić information content (AvgIpc) is 3.45. The van der Waals surface area contributed by atoms with E-state index >= 15 is 0 Å². The van der Waals surface area contributed by atoms with Gasteiger partial charge in [0.2, 0.25) is 5.89 Å². The first-order valence-electron chi connectivity index (χ1n) is 12.8. The van der Waals surface area contributed by atoms with Gasteiger partial charge in [-0.2, -0.15) is 0 Å². The van der Waals surface area contributed by atoms with E-state index in [4.69, 9.17) is 4.42 Å². The standard InChI is InChI=1S/C29H34F3N3O3/c1-17(36)28(37)35(16-19-14-33-15-23(19)32)26(29(2,3)4)25-24(12-18-8-6-5-7-9-18)38-27(34-25)21-13-20(30)10-11-22(21)31/h5-11,13,17,19,23,26,33,36H,12,14-16H2,1-4H3/t17-,19?,23-,26+/m0/s1. The van der Waals surface area contributed by atoms with E-state index in [0.29, 0.717) is 18.0 Å². The number of aliphatic hydroxyl groups is 1. The average molecular weight is 530 g/mol. The molecule has 2 heterocycles. The lowest BCUT2D eigenvalue weighted by molar-refractivity contribution is -0.145. The molecule has 1 saturated heterocycles. The van der Waals surface area contributed by atoms with E-state index in [0.717, 1.165) is 23.8 Å². The summed E-state index contributed by atoms with van der Waals surface area (Å²) in [6.45, 7) is 7.71. The van der Waals surface area contributed by atoms with Crippen molar-refractivity contribution in [3.05, 3.63) is 77.2 Å². The van der Waals surface area contributed by atoms with Gasteiger partial charge in [0.1, 0.15) is 35.4 Å². The smallest absolute Gasteiger partial charge is 0.251 e. The predicted octanol–water partition coefficient (Wildman–Crippen LogP) is 5.06. The molecule has 1 aliphatic heterocycles. The van der Waals surface area contributed by atoms with Crippen molar-refractivity contribution in [3.63, 3.8) is 0 Å². The molecule has 4 rings (SSSR count). The first kappa shape index (κ1) is 27.9. The second kappa shape index (κ2) is 11.3. The van der Waals surface area contributed by atoms with E-state index in [-0.39, 0.29) is 31.0 Å². The van der Waals surface area contributed by atoms with E-state index in [9.17, 15) is 23.1 Å². The van der Waals surface area contributed by atoms with Crippen molar-refractivity contribution in [3.8, 4) is 11.5 Å². The van der Waals surface area contributed by atoms with Crippen LogP contribution in [0.3, 0.4) is 0 Å². The van der Waals surface area contributed by atoms with Crippen molar-refractivity contribution >= 4 is 5.91 Å². The van der Waals surface area contributed by atoms with Crippen LogP contribution in [0, 0.1) is 23.0 Å². The van der Waals surface area contributed by atoms with Crippen molar-refractivity contribution in [1.29, 1.82) is 0 Å². The van der Waals surface area contributed by atoms with E-state index in [1.54, 1.807) is 0 Å². The third kappa shape index (κ3) is 6.10. The van der Waals surface area contributed by atoms with Gasteiger partial charge in [0.05, 0.1) is 11.6 Å². The predicted molar refractivity (Wildman–Crippen MR) is 138 cm³/mol. The topological polar surface area (TPSA) is 78.6 Å².